The Morgan fingerprint density at radius 3 is 2.40 bits per heavy atom. The Hall–Kier alpha value is -3.97. The molecule has 0 aliphatic heterocycles. The number of carbonyl (C=O) groups is 1. The first kappa shape index (κ1) is 21.6. The van der Waals surface area contributed by atoms with Crippen LogP contribution in [0.2, 0.25) is 0 Å². The average molecular weight is 478 g/mol. The van der Waals surface area contributed by atoms with Crippen LogP contribution in [0.1, 0.15) is 12.8 Å². The molecule has 1 aliphatic rings. The zero-order chi connectivity index (χ0) is 23.6. The van der Waals surface area contributed by atoms with E-state index in [2.05, 4.69) is 39.8 Å². The van der Waals surface area contributed by atoms with Crippen LogP contribution in [0.5, 0.6) is 0 Å². The molecule has 0 atom stereocenters. The predicted octanol–water partition coefficient (Wildman–Crippen LogP) is 5.52. The molecule has 2 heterocycles. The summed E-state index contributed by atoms with van der Waals surface area (Å²) in [5.74, 6) is 1.05. The molecule has 0 radical (unpaired) electrons. The van der Waals surface area contributed by atoms with Crippen molar-refractivity contribution < 1.29 is 4.79 Å². The van der Waals surface area contributed by atoms with Crippen molar-refractivity contribution in [1.82, 2.24) is 25.1 Å². The molecule has 172 valence electrons. The summed E-state index contributed by atoms with van der Waals surface area (Å²) in [5, 5.41) is 13.9. The number of hydrogen-bond donors (Lipinski definition) is 1. The zero-order valence-electron chi connectivity index (χ0n) is 19.0. The normalized spacial score (nSPS) is 13.1. The van der Waals surface area contributed by atoms with Gasteiger partial charge in [0.2, 0.25) is 5.91 Å². The topological polar surface area (TPSA) is 72.7 Å². The first-order chi connectivity index (χ1) is 17.3. The van der Waals surface area contributed by atoms with Crippen LogP contribution in [-0.4, -0.2) is 37.5 Å². The lowest BCUT2D eigenvalue weighted by Gasteiger charge is -2.13. The molecule has 6 nitrogen and oxygen atoms in total. The molecule has 7 heteroatoms. The van der Waals surface area contributed by atoms with Crippen molar-refractivity contribution >= 4 is 28.6 Å². The van der Waals surface area contributed by atoms with Crippen LogP contribution in [-0.2, 0) is 4.79 Å². The minimum absolute atomic E-state index is 0.0300. The molecular weight excluding hydrogens is 454 g/mol. The van der Waals surface area contributed by atoms with Gasteiger partial charge in [0.15, 0.2) is 11.0 Å². The van der Waals surface area contributed by atoms with E-state index in [0.717, 1.165) is 52.1 Å². The Balaban J connectivity index is 1.48. The summed E-state index contributed by atoms with van der Waals surface area (Å²) in [6.07, 6.45) is 2.14. The molecule has 3 aromatic carbocycles. The molecule has 1 fully saturated rings. The van der Waals surface area contributed by atoms with Gasteiger partial charge in [-0.25, -0.2) is 4.98 Å². The lowest BCUT2D eigenvalue weighted by Crippen LogP contribution is -2.27. The van der Waals surface area contributed by atoms with E-state index in [1.54, 1.807) is 0 Å². The van der Waals surface area contributed by atoms with E-state index in [1.807, 2.05) is 71.3 Å². The second-order valence-electron chi connectivity index (χ2n) is 8.55. The van der Waals surface area contributed by atoms with Gasteiger partial charge in [-0.1, -0.05) is 78.5 Å². The number of hydrogen-bond acceptors (Lipinski definition) is 5. The summed E-state index contributed by atoms with van der Waals surface area (Å²) in [7, 11) is 0. The summed E-state index contributed by atoms with van der Waals surface area (Å²) in [5.41, 5.74) is 4.70. The van der Waals surface area contributed by atoms with Gasteiger partial charge in [0.05, 0.1) is 17.0 Å². The molecule has 2 aromatic heterocycles. The SMILES string of the molecule is O=C(CSc1nnc(-c2cc(-c3ccccc3)nc3ccccc23)n1-c1ccccc1)NC1CC1. The standard InChI is InChI=1S/C28H23N5OS/c34-26(29-20-15-16-20)18-35-28-32-31-27(33(28)21-11-5-2-6-12-21)23-17-25(19-9-3-1-4-10-19)30-24-14-8-7-13-22(23)24/h1-14,17,20H,15-16,18H2,(H,29,34). The second kappa shape index (κ2) is 9.35. The number of para-hydroxylation sites is 2. The smallest absolute Gasteiger partial charge is 0.230 e. The maximum absolute atomic E-state index is 12.4. The van der Waals surface area contributed by atoms with Crippen LogP contribution >= 0.6 is 11.8 Å². The molecule has 6 rings (SSSR count). The van der Waals surface area contributed by atoms with Crippen molar-refractivity contribution in [1.29, 1.82) is 0 Å². The van der Waals surface area contributed by atoms with Gasteiger partial charge >= 0.3 is 0 Å². The quantitative estimate of drug-likeness (QED) is 0.313. The monoisotopic (exact) mass is 477 g/mol. The van der Waals surface area contributed by atoms with E-state index < -0.39 is 0 Å². The fraction of sp³-hybridized carbons (Fsp3) is 0.143. The van der Waals surface area contributed by atoms with E-state index >= 15 is 0 Å². The lowest BCUT2D eigenvalue weighted by molar-refractivity contribution is -0.118. The third-order valence-electron chi connectivity index (χ3n) is 5.95. The molecule has 35 heavy (non-hydrogen) atoms. The highest BCUT2D eigenvalue weighted by Gasteiger charge is 2.24. The molecule has 0 saturated heterocycles. The van der Waals surface area contributed by atoms with Crippen molar-refractivity contribution in [2.75, 3.05) is 5.75 Å². The predicted molar refractivity (Wildman–Crippen MR) is 139 cm³/mol. The van der Waals surface area contributed by atoms with Crippen molar-refractivity contribution in [2.24, 2.45) is 0 Å². The summed E-state index contributed by atoms with van der Waals surface area (Å²) in [4.78, 5) is 17.3. The Labute approximate surface area is 207 Å². The third-order valence-corrected chi connectivity index (χ3v) is 6.88. The van der Waals surface area contributed by atoms with Crippen molar-refractivity contribution in [3.05, 3.63) is 91.0 Å². The van der Waals surface area contributed by atoms with E-state index in [0.29, 0.717) is 17.0 Å². The van der Waals surface area contributed by atoms with Crippen molar-refractivity contribution in [2.45, 2.75) is 24.0 Å². The number of thioether (sulfide) groups is 1. The number of fused-ring (bicyclic) bond motifs is 1. The molecule has 0 unspecified atom stereocenters. The number of amides is 1. The van der Waals surface area contributed by atoms with Crippen LogP contribution in [0.4, 0.5) is 0 Å². The maximum atomic E-state index is 12.4. The van der Waals surface area contributed by atoms with E-state index in [9.17, 15) is 4.79 Å². The van der Waals surface area contributed by atoms with Gasteiger partial charge in [0.25, 0.3) is 0 Å². The minimum atomic E-state index is 0.0300. The van der Waals surface area contributed by atoms with E-state index in [1.165, 1.54) is 11.8 Å². The summed E-state index contributed by atoms with van der Waals surface area (Å²) in [6.45, 7) is 0. The van der Waals surface area contributed by atoms with Crippen molar-refractivity contribution in [3.8, 4) is 28.3 Å². The van der Waals surface area contributed by atoms with E-state index in [-0.39, 0.29) is 5.91 Å². The molecule has 5 aromatic rings. The first-order valence-electron chi connectivity index (χ1n) is 11.6. The van der Waals surface area contributed by atoms with Crippen LogP contribution in [0, 0.1) is 0 Å². The highest BCUT2D eigenvalue weighted by Crippen LogP contribution is 2.34. The molecule has 1 aliphatic carbocycles. The van der Waals surface area contributed by atoms with Gasteiger partial charge in [0, 0.05) is 28.2 Å². The summed E-state index contributed by atoms with van der Waals surface area (Å²) < 4.78 is 2.03. The Morgan fingerprint density at radius 1 is 0.914 bits per heavy atom. The fourth-order valence-electron chi connectivity index (χ4n) is 4.09. The number of rotatable bonds is 7. The van der Waals surface area contributed by atoms with Gasteiger partial charge < -0.3 is 5.32 Å². The number of pyridine rings is 1. The average Bonchev–Trinajstić information content (AvgIpc) is 3.63. The fourth-order valence-corrected chi connectivity index (χ4v) is 4.86. The molecule has 1 amide bonds. The first-order valence-corrected chi connectivity index (χ1v) is 12.6. The molecule has 1 saturated carbocycles. The Bertz CT molecular complexity index is 1500. The van der Waals surface area contributed by atoms with Gasteiger partial charge in [-0.15, -0.1) is 10.2 Å². The minimum Gasteiger partial charge on any atom is -0.353 e. The number of aromatic nitrogens is 4. The highest BCUT2D eigenvalue weighted by atomic mass is 32.2. The van der Waals surface area contributed by atoms with Crippen LogP contribution in [0.15, 0.2) is 96.2 Å². The maximum Gasteiger partial charge on any atom is 0.230 e. The Kier molecular flexibility index (Phi) is 5.76. The van der Waals surface area contributed by atoms with Gasteiger partial charge in [-0.3, -0.25) is 9.36 Å². The Morgan fingerprint density at radius 2 is 1.63 bits per heavy atom. The van der Waals surface area contributed by atoms with E-state index in [4.69, 9.17) is 4.98 Å². The number of nitrogens with one attached hydrogen (secondary N) is 1. The highest BCUT2D eigenvalue weighted by molar-refractivity contribution is 7.99. The molecule has 1 N–H and O–H groups in total. The molecule has 0 bridgehead atoms. The summed E-state index contributed by atoms with van der Waals surface area (Å²) >= 11 is 1.40. The number of carbonyl (C=O) groups excluding carboxylic acids is 1. The van der Waals surface area contributed by atoms with Crippen LogP contribution in [0.3, 0.4) is 0 Å². The zero-order valence-corrected chi connectivity index (χ0v) is 19.8. The van der Waals surface area contributed by atoms with Gasteiger partial charge in [-0.05, 0) is 37.1 Å². The van der Waals surface area contributed by atoms with Gasteiger partial charge in [0.1, 0.15) is 0 Å². The molecule has 0 spiro atoms. The third kappa shape index (κ3) is 4.55. The number of nitrogens with zero attached hydrogens (tertiary/aromatic N) is 4. The number of benzene rings is 3. The lowest BCUT2D eigenvalue weighted by atomic mass is 10.0. The summed E-state index contributed by atoms with van der Waals surface area (Å²) in [6, 6.07) is 30.7. The van der Waals surface area contributed by atoms with Gasteiger partial charge in [-0.2, -0.15) is 0 Å². The molecular formula is C28H23N5OS. The van der Waals surface area contributed by atoms with Crippen LogP contribution in [0.25, 0.3) is 39.2 Å². The van der Waals surface area contributed by atoms with Crippen LogP contribution < -0.4 is 5.32 Å². The largest absolute Gasteiger partial charge is 0.353 e. The van der Waals surface area contributed by atoms with Crippen molar-refractivity contribution in [3.63, 3.8) is 0 Å². The second-order valence-corrected chi connectivity index (χ2v) is 9.49.